The highest BCUT2D eigenvalue weighted by atomic mass is 19.1. The maximum absolute atomic E-state index is 11.8. The molecule has 0 unspecified atom stereocenters. The van der Waals surface area contributed by atoms with E-state index in [1.807, 2.05) is 0 Å². The smallest absolute Gasteiger partial charge is 0.0894 e. The van der Waals surface area contributed by atoms with Crippen LogP contribution >= 0.6 is 0 Å². The predicted octanol–water partition coefficient (Wildman–Crippen LogP) is 8.24. The standard InChI is InChI=1S/C14H29F.C6H14/c1-2-3-4-5-6-7-8-9-10-11-12-13-14-15;1-3-5-6-4-2/h2-14H2,1H3;3-6H2,1-2H3. The van der Waals surface area contributed by atoms with Crippen molar-refractivity contribution in [1.29, 1.82) is 0 Å². The second-order valence-electron chi connectivity index (χ2n) is 6.29. The van der Waals surface area contributed by atoms with Gasteiger partial charge in [0.15, 0.2) is 0 Å². The summed E-state index contributed by atoms with van der Waals surface area (Å²) in [6, 6.07) is 0. The summed E-state index contributed by atoms with van der Waals surface area (Å²) in [4.78, 5) is 0. The fourth-order valence-corrected chi connectivity index (χ4v) is 2.44. The van der Waals surface area contributed by atoms with E-state index in [9.17, 15) is 4.39 Å². The highest BCUT2D eigenvalue weighted by Crippen LogP contribution is 2.11. The van der Waals surface area contributed by atoms with E-state index in [1.165, 1.54) is 89.9 Å². The summed E-state index contributed by atoms with van der Waals surface area (Å²) in [7, 11) is 0. The summed E-state index contributed by atoms with van der Waals surface area (Å²) in [6.07, 6.45) is 21.1. The molecule has 0 saturated carbocycles. The molecular weight excluding hydrogens is 259 g/mol. The normalized spacial score (nSPS) is 10.3. The fourth-order valence-electron chi connectivity index (χ4n) is 2.44. The topological polar surface area (TPSA) is 0 Å². The van der Waals surface area contributed by atoms with Gasteiger partial charge in [0.25, 0.3) is 0 Å². The molecule has 0 aliphatic rings. The Bertz CT molecular complexity index is 129. The SMILES string of the molecule is CCCCCC.CCCCCCCCCCCCCCF. The van der Waals surface area contributed by atoms with Gasteiger partial charge in [-0.25, -0.2) is 0 Å². The Morgan fingerprint density at radius 1 is 0.381 bits per heavy atom. The molecule has 0 fully saturated rings. The number of alkyl halides is 1. The minimum atomic E-state index is -0.128. The molecule has 0 aromatic carbocycles. The van der Waals surface area contributed by atoms with E-state index in [0.717, 1.165) is 12.8 Å². The lowest BCUT2D eigenvalue weighted by Crippen LogP contribution is -1.83. The van der Waals surface area contributed by atoms with Gasteiger partial charge in [-0.2, -0.15) is 0 Å². The molecule has 0 aromatic rings. The van der Waals surface area contributed by atoms with Gasteiger partial charge in [-0.15, -0.1) is 0 Å². The van der Waals surface area contributed by atoms with Crippen LogP contribution in [0.5, 0.6) is 0 Å². The summed E-state index contributed by atoms with van der Waals surface area (Å²) < 4.78 is 11.8. The van der Waals surface area contributed by atoms with Crippen molar-refractivity contribution in [3.05, 3.63) is 0 Å². The zero-order chi connectivity index (χ0) is 16.0. The van der Waals surface area contributed by atoms with Crippen molar-refractivity contribution in [3.63, 3.8) is 0 Å². The molecule has 0 amide bonds. The van der Waals surface area contributed by atoms with E-state index in [4.69, 9.17) is 0 Å². The molecule has 0 aliphatic heterocycles. The number of rotatable bonds is 15. The number of hydrogen-bond donors (Lipinski definition) is 0. The van der Waals surface area contributed by atoms with Crippen LogP contribution in [0.4, 0.5) is 4.39 Å². The van der Waals surface area contributed by atoms with E-state index in [-0.39, 0.29) is 6.67 Å². The Morgan fingerprint density at radius 2 is 0.619 bits per heavy atom. The van der Waals surface area contributed by atoms with Crippen molar-refractivity contribution in [2.75, 3.05) is 6.67 Å². The molecule has 0 bridgehead atoms. The molecule has 21 heavy (non-hydrogen) atoms. The first-order valence-electron chi connectivity index (χ1n) is 9.89. The Labute approximate surface area is 135 Å². The lowest BCUT2D eigenvalue weighted by atomic mass is 10.1. The van der Waals surface area contributed by atoms with Crippen molar-refractivity contribution in [2.45, 2.75) is 124 Å². The molecule has 0 rings (SSSR count). The molecule has 0 N–H and O–H groups in total. The third-order valence-electron chi connectivity index (χ3n) is 3.94. The van der Waals surface area contributed by atoms with Gasteiger partial charge in [-0.05, 0) is 6.42 Å². The molecular formula is C20H43F. The molecule has 0 atom stereocenters. The van der Waals surface area contributed by atoms with Gasteiger partial charge in [-0.3, -0.25) is 4.39 Å². The Hall–Kier alpha value is -0.0700. The van der Waals surface area contributed by atoms with Gasteiger partial charge in [0.1, 0.15) is 0 Å². The fraction of sp³-hybridized carbons (Fsp3) is 1.00. The van der Waals surface area contributed by atoms with Gasteiger partial charge in [0.05, 0.1) is 6.67 Å². The monoisotopic (exact) mass is 302 g/mol. The maximum Gasteiger partial charge on any atom is 0.0894 e. The first kappa shape index (κ1) is 23.2. The van der Waals surface area contributed by atoms with Crippen LogP contribution in [-0.4, -0.2) is 6.67 Å². The molecule has 0 spiro atoms. The lowest BCUT2D eigenvalue weighted by molar-refractivity contribution is 0.448. The molecule has 0 aromatic heterocycles. The van der Waals surface area contributed by atoms with Crippen LogP contribution in [0.3, 0.4) is 0 Å². The van der Waals surface area contributed by atoms with Crippen LogP contribution in [0.25, 0.3) is 0 Å². The van der Waals surface area contributed by atoms with Crippen molar-refractivity contribution >= 4 is 0 Å². The second-order valence-corrected chi connectivity index (χ2v) is 6.29. The molecule has 0 nitrogen and oxygen atoms in total. The van der Waals surface area contributed by atoms with Gasteiger partial charge in [0, 0.05) is 0 Å². The minimum absolute atomic E-state index is 0.128. The average molecular weight is 303 g/mol. The highest BCUT2D eigenvalue weighted by Gasteiger charge is 1.92. The van der Waals surface area contributed by atoms with Crippen molar-refractivity contribution < 1.29 is 4.39 Å². The Balaban J connectivity index is 0. The molecule has 0 saturated heterocycles. The van der Waals surface area contributed by atoms with Crippen LogP contribution in [0, 0.1) is 0 Å². The highest BCUT2D eigenvalue weighted by molar-refractivity contribution is 4.48. The van der Waals surface area contributed by atoms with E-state index in [2.05, 4.69) is 20.8 Å². The number of unbranched alkanes of at least 4 members (excludes halogenated alkanes) is 14. The molecule has 0 heterocycles. The molecule has 0 aliphatic carbocycles. The Morgan fingerprint density at radius 3 is 0.905 bits per heavy atom. The quantitative estimate of drug-likeness (QED) is 0.267. The zero-order valence-electron chi connectivity index (χ0n) is 15.4. The first-order chi connectivity index (χ1) is 10.3. The number of hydrogen-bond acceptors (Lipinski definition) is 0. The summed E-state index contributed by atoms with van der Waals surface area (Å²) in [6.45, 7) is 6.60. The third-order valence-corrected chi connectivity index (χ3v) is 3.94. The van der Waals surface area contributed by atoms with Crippen LogP contribution < -0.4 is 0 Å². The minimum Gasteiger partial charge on any atom is -0.251 e. The third kappa shape index (κ3) is 28.7. The van der Waals surface area contributed by atoms with E-state index in [0.29, 0.717) is 0 Å². The van der Waals surface area contributed by atoms with Gasteiger partial charge in [-0.1, -0.05) is 117 Å². The summed E-state index contributed by atoms with van der Waals surface area (Å²) in [5.41, 5.74) is 0. The molecule has 1 heteroatoms. The zero-order valence-corrected chi connectivity index (χ0v) is 15.4. The Kier molecular flexibility index (Phi) is 27.5. The van der Waals surface area contributed by atoms with Crippen LogP contribution in [0.2, 0.25) is 0 Å². The van der Waals surface area contributed by atoms with Gasteiger partial charge >= 0.3 is 0 Å². The van der Waals surface area contributed by atoms with E-state index < -0.39 is 0 Å². The molecule has 0 radical (unpaired) electrons. The van der Waals surface area contributed by atoms with Crippen LogP contribution in [-0.2, 0) is 0 Å². The molecule has 130 valence electrons. The van der Waals surface area contributed by atoms with Gasteiger partial charge < -0.3 is 0 Å². The van der Waals surface area contributed by atoms with Crippen molar-refractivity contribution in [3.8, 4) is 0 Å². The van der Waals surface area contributed by atoms with E-state index >= 15 is 0 Å². The van der Waals surface area contributed by atoms with Crippen LogP contribution in [0.15, 0.2) is 0 Å². The lowest BCUT2D eigenvalue weighted by Gasteiger charge is -2.01. The predicted molar refractivity (Wildman–Crippen MR) is 96.9 cm³/mol. The van der Waals surface area contributed by atoms with Crippen molar-refractivity contribution in [1.82, 2.24) is 0 Å². The largest absolute Gasteiger partial charge is 0.251 e. The summed E-state index contributed by atoms with van der Waals surface area (Å²) in [5, 5.41) is 0. The van der Waals surface area contributed by atoms with Crippen molar-refractivity contribution in [2.24, 2.45) is 0 Å². The van der Waals surface area contributed by atoms with Crippen LogP contribution in [0.1, 0.15) is 124 Å². The van der Waals surface area contributed by atoms with Gasteiger partial charge in [0.2, 0.25) is 0 Å². The summed E-state index contributed by atoms with van der Waals surface area (Å²) in [5.74, 6) is 0. The second kappa shape index (κ2) is 24.9. The maximum atomic E-state index is 11.8. The first-order valence-corrected chi connectivity index (χ1v) is 9.89. The summed E-state index contributed by atoms with van der Waals surface area (Å²) >= 11 is 0. The van der Waals surface area contributed by atoms with E-state index in [1.54, 1.807) is 0 Å². The number of halogens is 1. The average Bonchev–Trinajstić information content (AvgIpc) is 2.51.